The molecule has 12 heteroatoms. The Morgan fingerprint density at radius 2 is 2.00 bits per heavy atom. The number of ether oxygens (including phenoxy) is 2. The van der Waals surface area contributed by atoms with Crippen LogP contribution in [0.3, 0.4) is 0 Å². The van der Waals surface area contributed by atoms with Crippen molar-refractivity contribution in [2.75, 3.05) is 76.0 Å². The molecule has 0 N–H and O–H groups in total. The molecule has 2 fully saturated rings. The summed E-state index contributed by atoms with van der Waals surface area (Å²) in [7, 11) is 2.06. The number of hydrogen-bond acceptors (Lipinski definition) is 9. The Balaban J connectivity index is 1.31. The van der Waals surface area contributed by atoms with E-state index in [1.54, 1.807) is 4.90 Å². The van der Waals surface area contributed by atoms with Crippen molar-refractivity contribution in [1.82, 2.24) is 19.8 Å². The van der Waals surface area contributed by atoms with Crippen LogP contribution in [-0.4, -0.2) is 104 Å². The van der Waals surface area contributed by atoms with E-state index < -0.39 is 6.67 Å². The average Bonchev–Trinajstić information content (AvgIpc) is 3.05. The zero-order valence-corrected chi connectivity index (χ0v) is 26.1. The highest BCUT2D eigenvalue weighted by atomic mass is 35.5. The second-order valence-electron chi connectivity index (χ2n) is 11.7. The fourth-order valence-corrected chi connectivity index (χ4v) is 6.73. The Bertz CT molecular complexity index is 1610. The van der Waals surface area contributed by atoms with Crippen molar-refractivity contribution in [1.29, 1.82) is 5.26 Å². The number of allylic oxidation sites excluding steroid dienone is 1. The lowest BCUT2D eigenvalue weighted by molar-refractivity contribution is -0.128. The summed E-state index contributed by atoms with van der Waals surface area (Å²) < 4.78 is 24.8. The van der Waals surface area contributed by atoms with Crippen LogP contribution in [0.25, 0.3) is 10.8 Å². The Morgan fingerprint density at radius 1 is 1.16 bits per heavy atom. The maximum absolute atomic E-state index is 12.8. The molecular weight excluding hydrogens is 597 g/mol. The molecule has 4 heterocycles. The molecule has 1 unspecified atom stereocenters. The number of nitrogens with zero attached hydrogens (tertiary/aromatic N) is 7. The minimum atomic E-state index is -0.714. The number of carbonyl (C=O) groups excluding carboxylic acids is 1. The van der Waals surface area contributed by atoms with Gasteiger partial charge in [0, 0.05) is 62.0 Å². The van der Waals surface area contributed by atoms with Crippen molar-refractivity contribution in [3.8, 4) is 12.1 Å². The molecule has 1 amide bonds. The van der Waals surface area contributed by atoms with E-state index in [4.69, 9.17) is 31.0 Å². The predicted octanol–water partition coefficient (Wildman–Crippen LogP) is 4.01. The Kier molecular flexibility index (Phi) is 9.64. The van der Waals surface area contributed by atoms with Gasteiger partial charge in [-0.05, 0) is 37.1 Å². The highest BCUT2D eigenvalue weighted by Crippen LogP contribution is 2.37. The number of alkyl halides is 1. The number of anilines is 2. The van der Waals surface area contributed by atoms with Crippen LogP contribution >= 0.6 is 11.6 Å². The van der Waals surface area contributed by atoms with Crippen LogP contribution in [0.2, 0.25) is 5.02 Å². The van der Waals surface area contributed by atoms with Crippen molar-refractivity contribution in [3.63, 3.8) is 0 Å². The van der Waals surface area contributed by atoms with E-state index in [-0.39, 0.29) is 30.5 Å². The van der Waals surface area contributed by atoms with Gasteiger partial charge in [0.2, 0.25) is 5.91 Å². The van der Waals surface area contributed by atoms with Crippen LogP contribution in [0, 0.1) is 11.3 Å². The summed E-state index contributed by atoms with van der Waals surface area (Å²) in [6.07, 6.45) is 3.21. The third kappa shape index (κ3) is 6.83. The molecule has 10 nitrogen and oxygen atoms in total. The first kappa shape index (κ1) is 31.0. The first-order chi connectivity index (χ1) is 21.9. The van der Waals surface area contributed by atoms with Gasteiger partial charge < -0.3 is 29.1 Å². The molecule has 6 rings (SSSR count). The number of morpholine rings is 1. The zero-order valence-electron chi connectivity index (χ0n) is 25.4. The van der Waals surface area contributed by atoms with Gasteiger partial charge in [-0.25, -0.2) is 4.39 Å². The minimum absolute atomic E-state index is 0.0897. The lowest BCUT2D eigenvalue weighted by Gasteiger charge is -2.42. The second kappa shape index (κ2) is 14.0. The lowest BCUT2D eigenvalue weighted by atomic mass is 10.0. The van der Waals surface area contributed by atoms with Crippen LogP contribution < -0.4 is 14.5 Å². The summed E-state index contributed by atoms with van der Waals surface area (Å²) in [6, 6.07) is 14.3. The first-order valence-electron chi connectivity index (χ1n) is 15.3. The molecule has 0 saturated carbocycles. The van der Waals surface area contributed by atoms with E-state index in [0.29, 0.717) is 50.8 Å². The highest BCUT2D eigenvalue weighted by Gasteiger charge is 2.34. The van der Waals surface area contributed by atoms with E-state index in [1.165, 1.54) is 12.2 Å². The standard InChI is InChI=1S/C33H37ClFN7O3/c1-39-17-18-44-25(20-39)22-45-33-37-28-21-40(29-8-3-6-23-5-2-7-27(34)31(23)29)14-11-26(28)32(38-33)41-15-16-42(24(19-41)10-13-36)30(43)9-4-12-35/h2-9,24-25H,10-12,14-22H2,1H3/b9-4+/t24-,25?/m0/s1. The molecule has 236 valence electrons. The van der Waals surface area contributed by atoms with Gasteiger partial charge in [-0.1, -0.05) is 35.9 Å². The molecule has 3 aromatic rings. The smallest absolute Gasteiger partial charge is 0.318 e. The average molecular weight is 634 g/mol. The number of aromatic nitrogens is 2. The maximum atomic E-state index is 12.8. The van der Waals surface area contributed by atoms with Crippen LogP contribution in [0.4, 0.5) is 15.9 Å². The molecular formula is C33H37ClFN7O3. The van der Waals surface area contributed by atoms with Crippen molar-refractivity contribution >= 4 is 39.8 Å². The maximum Gasteiger partial charge on any atom is 0.318 e. The van der Waals surface area contributed by atoms with Gasteiger partial charge in [0.15, 0.2) is 0 Å². The van der Waals surface area contributed by atoms with Crippen molar-refractivity contribution in [2.24, 2.45) is 0 Å². The molecule has 1 aromatic heterocycles. The monoisotopic (exact) mass is 633 g/mol. The Labute approximate surface area is 267 Å². The fourth-order valence-electron chi connectivity index (χ4n) is 6.45. The van der Waals surface area contributed by atoms with Gasteiger partial charge in [-0.2, -0.15) is 15.2 Å². The number of carbonyl (C=O) groups is 1. The van der Waals surface area contributed by atoms with Gasteiger partial charge in [-0.15, -0.1) is 0 Å². The summed E-state index contributed by atoms with van der Waals surface area (Å²) in [5, 5.41) is 12.4. The van der Waals surface area contributed by atoms with Crippen molar-refractivity contribution < 1.29 is 18.7 Å². The molecule has 0 bridgehead atoms. The van der Waals surface area contributed by atoms with E-state index >= 15 is 0 Å². The van der Waals surface area contributed by atoms with Crippen LogP contribution in [0.1, 0.15) is 17.7 Å². The van der Waals surface area contributed by atoms with E-state index in [2.05, 4.69) is 46.0 Å². The van der Waals surface area contributed by atoms with Gasteiger partial charge in [0.1, 0.15) is 25.2 Å². The number of halogens is 2. The number of amides is 1. The quantitative estimate of drug-likeness (QED) is 0.341. The predicted molar refractivity (Wildman–Crippen MR) is 172 cm³/mol. The van der Waals surface area contributed by atoms with E-state index in [0.717, 1.165) is 53.2 Å². The summed E-state index contributed by atoms with van der Waals surface area (Å²) in [4.78, 5) is 30.9. The number of likely N-dealkylation sites (N-methyl/N-ethyl adjacent to an activating group) is 1. The zero-order chi connectivity index (χ0) is 31.3. The Morgan fingerprint density at radius 3 is 2.80 bits per heavy atom. The van der Waals surface area contributed by atoms with Crippen molar-refractivity contribution in [3.05, 3.63) is 64.8 Å². The summed E-state index contributed by atoms with van der Waals surface area (Å²) in [5.41, 5.74) is 2.95. The number of nitriles is 1. The molecule has 3 aliphatic rings. The van der Waals surface area contributed by atoms with E-state index in [9.17, 15) is 14.4 Å². The van der Waals surface area contributed by atoms with Gasteiger partial charge in [0.05, 0.1) is 42.4 Å². The number of piperazine rings is 1. The van der Waals surface area contributed by atoms with Crippen molar-refractivity contribution in [2.45, 2.75) is 31.5 Å². The number of fused-ring (bicyclic) bond motifs is 2. The SMILES string of the molecule is CN1CCOC(COc2nc3c(c(N4CCN(C(=O)/C=C/CF)[C@@H](CC#N)C4)n2)CCN(c2cccc4cccc(Cl)c24)C3)C1. The van der Waals surface area contributed by atoms with Gasteiger partial charge >= 0.3 is 6.01 Å². The first-order valence-corrected chi connectivity index (χ1v) is 15.7. The number of benzene rings is 2. The van der Waals surface area contributed by atoms with E-state index in [1.807, 2.05) is 18.2 Å². The molecule has 2 saturated heterocycles. The molecule has 2 aromatic carbocycles. The molecule has 3 aliphatic heterocycles. The second-order valence-corrected chi connectivity index (χ2v) is 12.1. The Hall–Kier alpha value is -3.98. The number of rotatable bonds is 8. The third-order valence-electron chi connectivity index (χ3n) is 8.68. The summed E-state index contributed by atoms with van der Waals surface area (Å²) >= 11 is 6.69. The third-order valence-corrected chi connectivity index (χ3v) is 8.99. The van der Waals surface area contributed by atoms with Crippen LogP contribution in [-0.2, 0) is 22.5 Å². The normalized spacial score (nSPS) is 20.8. The minimum Gasteiger partial charge on any atom is -0.461 e. The largest absolute Gasteiger partial charge is 0.461 e. The van der Waals surface area contributed by atoms with Gasteiger partial charge in [-0.3, -0.25) is 4.79 Å². The molecule has 45 heavy (non-hydrogen) atoms. The molecule has 0 spiro atoms. The number of hydrogen-bond donors (Lipinski definition) is 0. The summed E-state index contributed by atoms with van der Waals surface area (Å²) in [5.74, 6) is 0.477. The topological polar surface area (TPSA) is 98.1 Å². The van der Waals surface area contributed by atoms with Gasteiger partial charge in [0.25, 0.3) is 0 Å². The molecule has 0 radical (unpaired) electrons. The van der Waals surface area contributed by atoms with Crippen LogP contribution in [0.5, 0.6) is 6.01 Å². The fraction of sp³-hybridized carbons (Fsp3) is 0.455. The summed E-state index contributed by atoms with van der Waals surface area (Å²) in [6.45, 7) is 4.51. The molecule has 0 aliphatic carbocycles. The molecule has 2 atom stereocenters. The highest BCUT2D eigenvalue weighted by molar-refractivity contribution is 6.36. The lowest BCUT2D eigenvalue weighted by Crippen LogP contribution is -2.55. The van der Waals surface area contributed by atoms with Crippen LogP contribution in [0.15, 0.2) is 48.6 Å².